The molecular weight excluding hydrogens is 479 g/mol. The molecule has 0 fully saturated rings. The molecule has 1 aliphatic rings. The van der Waals surface area contributed by atoms with E-state index in [1.165, 1.54) is 6.07 Å². The summed E-state index contributed by atoms with van der Waals surface area (Å²) in [5, 5.41) is 6.44. The molecule has 5 rings (SSSR count). The topological polar surface area (TPSA) is 105 Å². The molecule has 3 aromatic carbocycles. The minimum absolute atomic E-state index is 0.186. The number of halogens is 2. The fourth-order valence-corrected chi connectivity index (χ4v) is 4.16. The van der Waals surface area contributed by atoms with E-state index in [1.54, 1.807) is 60.8 Å². The zero-order chi connectivity index (χ0) is 25.1. The van der Waals surface area contributed by atoms with Gasteiger partial charge in [0.2, 0.25) is 5.95 Å². The number of nitrogens with zero attached hydrogens (tertiary/aromatic N) is 3. The van der Waals surface area contributed by atoms with Gasteiger partial charge >= 0.3 is 0 Å². The van der Waals surface area contributed by atoms with E-state index in [2.05, 4.69) is 15.6 Å². The molecule has 0 atom stereocenters. The fraction of sp³-hybridized carbons (Fsp3) is 0.111. The van der Waals surface area contributed by atoms with E-state index in [0.29, 0.717) is 52.2 Å². The molecule has 0 saturated heterocycles. The number of anilines is 2. The summed E-state index contributed by atoms with van der Waals surface area (Å²) >= 11 is 6.32. The Kier molecular flexibility index (Phi) is 6.71. The number of rotatable bonds is 6. The van der Waals surface area contributed by atoms with Crippen molar-refractivity contribution in [2.75, 3.05) is 18.4 Å². The third kappa shape index (κ3) is 4.82. The summed E-state index contributed by atoms with van der Waals surface area (Å²) in [6.07, 6.45) is 1.71. The lowest BCUT2D eigenvalue weighted by Crippen LogP contribution is -2.28. The molecule has 4 aromatic rings. The molecule has 2 heterocycles. The summed E-state index contributed by atoms with van der Waals surface area (Å²) in [6.45, 7) is 1.08. The first-order valence-electron chi connectivity index (χ1n) is 11.3. The molecule has 1 aromatic heterocycles. The van der Waals surface area contributed by atoms with Gasteiger partial charge in [-0.1, -0.05) is 29.8 Å². The second-order valence-electron chi connectivity index (χ2n) is 8.15. The van der Waals surface area contributed by atoms with E-state index in [1.807, 2.05) is 6.07 Å². The predicted octanol–water partition coefficient (Wildman–Crippen LogP) is 4.72. The average Bonchev–Trinajstić information content (AvgIpc) is 3.04. The van der Waals surface area contributed by atoms with Crippen LogP contribution in [0.1, 0.15) is 27.0 Å². The van der Waals surface area contributed by atoms with Crippen molar-refractivity contribution < 1.29 is 9.18 Å². The summed E-state index contributed by atoms with van der Waals surface area (Å²) in [5.41, 5.74) is 10.6. The van der Waals surface area contributed by atoms with Gasteiger partial charge in [0.1, 0.15) is 5.82 Å². The Hall–Kier alpha value is -4.14. The highest BCUT2D eigenvalue weighted by Crippen LogP contribution is 2.34. The van der Waals surface area contributed by atoms with Crippen molar-refractivity contribution in [2.24, 2.45) is 10.7 Å². The number of nitrogens with two attached hydrogens (primary N) is 1. The van der Waals surface area contributed by atoms with Crippen LogP contribution >= 0.6 is 11.6 Å². The Balaban J connectivity index is 1.48. The molecule has 0 radical (unpaired) electrons. The second-order valence-corrected chi connectivity index (χ2v) is 8.59. The van der Waals surface area contributed by atoms with Gasteiger partial charge in [0.05, 0.1) is 18.0 Å². The monoisotopic (exact) mass is 500 g/mol. The summed E-state index contributed by atoms with van der Waals surface area (Å²) in [5.74, 6) is -0.166. The molecule has 0 unspecified atom stereocenters. The summed E-state index contributed by atoms with van der Waals surface area (Å²) in [6, 6.07) is 18.9. The molecule has 180 valence electrons. The van der Waals surface area contributed by atoms with Crippen molar-refractivity contribution in [1.29, 1.82) is 0 Å². The van der Waals surface area contributed by atoms with Gasteiger partial charge in [0.15, 0.2) is 0 Å². The lowest BCUT2D eigenvalue weighted by Gasteiger charge is -2.13. The van der Waals surface area contributed by atoms with Crippen molar-refractivity contribution in [2.45, 2.75) is 6.54 Å². The lowest BCUT2D eigenvalue weighted by atomic mass is 9.95. The smallest absolute Gasteiger partial charge is 0.251 e. The van der Waals surface area contributed by atoms with Crippen LogP contribution in [0, 0.1) is 5.82 Å². The van der Waals surface area contributed by atoms with Crippen LogP contribution in [-0.2, 0) is 6.54 Å². The summed E-state index contributed by atoms with van der Waals surface area (Å²) < 4.78 is 14.7. The Labute approximate surface area is 212 Å². The minimum atomic E-state index is -0.360. The summed E-state index contributed by atoms with van der Waals surface area (Å²) in [7, 11) is 0. The Bertz CT molecular complexity index is 1470. The van der Waals surface area contributed by atoms with E-state index >= 15 is 0 Å². The van der Waals surface area contributed by atoms with Gasteiger partial charge in [0.25, 0.3) is 5.91 Å². The maximum atomic E-state index is 14.7. The van der Waals surface area contributed by atoms with E-state index in [9.17, 15) is 9.18 Å². The molecule has 7 nitrogen and oxygen atoms in total. The molecule has 0 spiro atoms. The van der Waals surface area contributed by atoms with Crippen LogP contribution in [-0.4, -0.2) is 34.7 Å². The second kappa shape index (κ2) is 10.2. The van der Waals surface area contributed by atoms with Crippen molar-refractivity contribution in [3.05, 3.63) is 106 Å². The van der Waals surface area contributed by atoms with Crippen LogP contribution in [0.15, 0.2) is 77.9 Å². The van der Waals surface area contributed by atoms with E-state index in [0.717, 1.165) is 16.8 Å². The largest absolute Gasteiger partial charge is 0.351 e. The number of fused-ring (bicyclic) bond motifs is 3. The number of benzene rings is 3. The van der Waals surface area contributed by atoms with Gasteiger partial charge < -0.3 is 16.4 Å². The summed E-state index contributed by atoms with van der Waals surface area (Å²) in [4.78, 5) is 26.0. The van der Waals surface area contributed by atoms with Crippen LogP contribution in [0.3, 0.4) is 0 Å². The molecule has 0 saturated carbocycles. The number of aromatic nitrogens is 2. The normalized spacial score (nSPS) is 12.1. The maximum Gasteiger partial charge on any atom is 0.251 e. The number of amides is 1. The average molecular weight is 501 g/mol. The predicted molar refractivity (Wildman–Crippen MR) is 139 cm³/mol. The molecular formula is C27H22ClFN6O. The molecule has 0 aliphatic carbocycles. The number of carbonyl (C=O) groups excluding carboxylic acids is 1. The van der Waals surface area contributed by atoms with Crippen LogP contribution in [0.2, 0.25) is 5.02 Å². The Morgan fingerprint density at radius 1 is 1.03 bits per heavy atom. The lowest BCUT2D eigenvalue weighted by molar-refractivity contribution is 0.0955. The van der Waals surface area contributed by atoms with E-state index in [-0.39, 0.29) is 18.3 Å². The highest BCUT2D eigenvalue weighted by Gasteiger charge is 2.23. The van der Waals surface area contributed by atoms with Gasteiger partial charge in [-0.2, -0.15) is 0 Å². The minimum Gasteiger partial charge on any atom is -0.351 e. The van der Waals surface area contributed by atoms with Crippen molar-refractivity contribution in [1.82, 2.24) is 15.3 Å². The van der Waals surface area contributed by atoms with Gasteiger partial charge in [-0.3, -0.25) is 9.79 Å². The number of hydrogen-bond donors (Lipinski definition) is 3. The third-order valence-corrected chi connectivity index (χ3v) is 5.96. The quantitative estimate of drug-likeness (QED) is 0.355. The first-order valence-corrected chi connectivity index (χ1v) is 11.7. The standard InChI is InChI=1S/C27H22ClFN6O/c28-18-7-10-20-22(13-18)25(21-3-1-2-4-23(21)29)32-14-17-15-33-27(35-24(17)20)34-19-8-5-16(6-9-19)26(36)31-12-11-30/h1-10,13,15H,11-12,14,30H2,(H,31,36)(H,33,34,35). The van der Waals surface area contributed by atoms with Gasteiger partial charge in [-0.25, -0.2) is 14.4 Å². The van der Waals surface area contributed by atoms with E-state index < -0.39 is 0 Å². The molecule has 9 heteroatoms. The van der Waals surface area contributed by atoms with Crippen LogP contribution in [0.4, 0.5) is 16.0 Å². The van der Waals surface area contributed by atoms with Crippen LogP contribution in [0.25, 0.3) is 11.3 Å². The first-order chi connectivity index (χ1) is 17.5. The maximum absolute atomic E-state index is 14.7. The third-order valence-electron chi connectivity index (χ3n) is 5.73. The van der Waals surface area contributed by atoms with Crippen molar-refractivity contribution >= 4 is 34.9 Å². The fourth-order valence-electron chi connectivity index (χ4n) is 3.99. The van der Waals surface area contributed by atoms with Gasteiger partial charge in [0, 0.05) is 57.8 Å². The number of aliphatic imine (C=N–C) groups is 1. The SMILES string of the molecule is NCCNC(=O)c1ccc(Nc2ncc3c(n2)-c2ccc(Cl)cc2C(c2ccccc2F)=NC3)cc1. The zero-order valence-corrected chi connectivity index (χ0v) is 19.9. The highest BCUT2D eigenvalue weighted by molar-refractivity contribution is 6.31. The molecule has 4 N–H and O–H groups in total. The molecule has 36 heavy (non-hydrogen) atoms. The van der Waals surface area contributed by atoms with Crippen LogP contribution in [0.5, 0.6) is 0 Å². The molecule has 1 amide bonds. The zero-order valence-electron chi connectivity index (χ0n) is 19.1. The first kappa shape index (κ1) is 23.6. The number of hydrogen-bond acceptors (Lipinski definition) is 6. The van der Waals surface area contributed by atoms with Crippen molar-refractivity contribution in [3.8, 4) is 11.3 Å². The van der Waals surface area contributed by atoms with E-state index in [4.69, 9.17) is 27.3 Å². The van der Waals surface area contributed by atoms with Crippen molar-refractivity contribution in [3.63, 3.8) is 0 Å². The van der Waals surface area contributed by atoms with Crippen LogP contribution < -0.4 is 16.4 Å². The number of carbonyl (C=O) groups is 1. The molecule has 1 aliphatic heterocycles. The van der Waals surface area contributed by atoms with Gasteiger partial charge in [-0.05, 0) is 48.5 Å². The highest BCUT2D eigenvalue weighted by atomic mass is 35.5. The number of nitrogens with one attached hydrogen (secondary N) is 2. The van der Waals surface area contributed by atoms with Gasteiger partial charge in [-0.15, -0.1) is 0 Å². The molecule has 0 bridgehead atoms. The Morgan fingerprint density at radius 2 is 1.83 bits per heavy atom. The Morgan fingerprint density at radius 3 is 2.61 bits per heavy atom.